The van der Waals surface area contributed by atoms with Crippen LogP contribution in [0.2, 0.25) is 10.0 Å². The van der Waals surface area contributed by atoms with Gasteiger partial charge in [-0.2, -0.15) is 5.10 Å². The summed E-state index contributed by atoms with van der Waals surface area (Å²) in [4.78, 5) is 10.1. The molecular weight excluding hydrogens is 347 g/mol. The lowest BCUT2D eigenvalue weighted by Crippen LogP contribution is -3.06. The highest BCUT2D eigenvalue weighted by atomic mass is 35.5. The van der Waals surface area contributed by atoms with E-state index in [0.717, 1.165) is 35.5 Å². The van der Waals surface area contributed by atoms with E-state index in [9.17, 15) is 0 Å². The molecule has 0 unspecified atom stereocenters. The van der Waals surface area contributed by atoms with Crippen LogP contribution < -0.4 is 10.2 Å². The van der Waals surface area contributed by atoms with Gasteiger partial charge in [-0.3, -0.25) is 0 Å². The zero-order valence-electron chi connectivity index (χ0n) is 13.6. The van der Waals surface area contributed by atoms with E-state index < -0.39 is 0 Å². The lowest BCUT2D eigenvalue weighted by Gasteiger charge is -2.09. The second kappa shape index (κ2) is 7.34. The molecule has 0 saturated carbocycles. The van der Waals surface area contributed by atoms with Crippen molar-refractivity contribution >= 4 is 40.1 Å². The highest BCUT2D eigenvalue weighted by Crippen LogP contribution is 2.24. The van der Waals surface area contributed by atoms with Crippen LogP contribution in [0.4, 0.5) is 5.82 Å². The van der Waals surface area contributed by atoms with Gasteiger partial charge in [0, 0.05) is 10.0 Å². The highest BCUT2D eigenvalue weighted by molar-refractivity contribution is 6.35. The monoisotopic (exact) mass is 365 g/mol. The summed E-state index contributed by atoms with van der Waals surface area (Å²) in [5.41, 5.74) is 1.71. The van der Waals surface area contributed by atoms with Crippen molar-refractivity contribution in [2.24, 2.45) is 0 Å². The van der Waals surface area contributed by atoms with E-state index in [1.807, 2.05) is 16.8 Å². The average Bonchev–Trinajstić information content (AvgIpc) is 2.94. The largest absolute Gasteiger partial charge is 0.364 e. The Morgan fingerprint density at radius 3 is 2.79 bits per heavy atom. The lowest BCUT2D eigenvalue weighted by molar-refractivity contribution is -0.856. The molecule has 3 rings (SSSR count). The molecule has 0 aliphatic carbocycles. The van der Waals surface area contributed by atoms with Crippen LogP contribution in [0.25, 0.3) is 11.0 Å². The van der Waals surface area contributed by atoms with Crippen molar-refractivity contribution in [1.29, 1.82) is 0 Å². The fourth-order valence-corrected chi connectivity index (χ4v) is 2.86. The Kier molecular flexibility index (Phi) is 5.18. The molecule has 8 heteroatoms. The van der Waals surface area contributed by atoms with E-state index in [1.54, 1.807) is 18.6 Å². The first-order valence-electron chi connectivity index (χ1n) is 7.68. The Morgan fingerprint density at radius 1 is 1.21 bits per heavy atom. The SMILES string of the molecule is C[NH+](C)CCNc1ncnc2c1cnn2Cc1ccc(Cl)cc1Cl. The summed E-state index contributed by atoms with van der Waals surface area (Å²) in [7, 11) is 4.23. The van der Waals surface area contributed by atoms with Crippen LogP contribution in [0.1, 0.15) is 5.56 Å². The summed E-state index contributed by atoms with van der Waals surface area (Å²) in [5, 5.41) is 9.92. The first-order chi connectivity index (χ1) is 11.5. The smallest absolute Gasteiger partial charge is 0.163 e. The molecule has 2 aromatic heterocycles. The van der Waals surface area contributed by atoms with Gasteiger partial charge in [-0.05, 0) is 17.7 Å². The number of benzene rings is 1. The third kappa shape index (κ3) is 3.77. The van der Waals surface area contributed by atoms with Gasteiger partial charge >= 0.3 is 0 Å². The molecule has 126 valence electrons. The Morgan fingerprint density at radius 2 is 2.04 bits per heavy atom. The minimum absolute atomic E-state index is 0.526. The van der Waals surface area contributed by atoms with Crippen LogP contribution in [-0.4, -0.2) is 46.9 Å². The van der Waals surface area contributed by atoms with Gasteiger partial charge in [-0.25, -0.2) is 14.6 Å². The highest BCUT2D eigenvalue weighted by Gasteiger charge is 2.11. The van der Waals surface area contributed by atoms with E-state index in [1.165, 1.54) is 4.90 Å². The number of aromatic nitrogens is 4. The molecule has 2 N–H and O–H groups in total. The molecule has 2 heterocycles. The molecule has 0 atom stereocenters. The van der Waals surface area contributed by atoms with E-state index >= 15 is 0 Å². The normalized spacial score (nSPS) is 11.4. The number of hydrogen-bond acceptors (Lipinski definition) is 4. The molecule has 24 heavy (non-hydrogen) atoms. The van der Waals surface area contributed by atoms with Gasteiger partial charge in [0.2, 0.25) is 0 Å². The number of nitrogens with one attached hydrogen (secondary N) is 2. The predicted octanol–water partition coefficient (Wildman–Crippen LogP) is 1.74. The first kappa shape index (κ1) is 17.0. The van der Waals surface area contributed by atoms with Gasteiger partial charge in [0.15, 0.2) is 5.65 Å². The molecule has 0 fully saturated rings. The second-order valence-electron chi connectivity index (χ2n) is 5.88. The van der Waals surface area contributed by atoms with Crippen LogP contribution in [0.5, 0.6) is 0 Å². The van der Waals surface area contributed by atoms with E-state index in [4.69, 9.17) is 23.2 Å². The number of halogens is 2. The van der Waals surface area contributed by atoms with E-state index in [-0.39, 0.29) is 0 Å². The third-order valence-corrected chi connectivity index (χ3v) is 4.27. The summed E-state index contributed by atoms with van der Waals surface area (Å²) in [6.07, 6.45) is 3.33. The fourth-order valence-electron chi connectivity index (χ4n) is 2.39. The van der Waals surface area contributed by atoms with Gasteiger partial charge in [0.1, 0.15) is 12.1 Å². The zero-order chi connectivity index (χ0) is 17.1. The Hall–Kier alpha value is -1.89. The molecule has 0 saturated heterocycles. The van der Waals surface area contributed by atoms with Crippen molar-refractivity contribution < 1.29 is 4.90 Å². The molecule has 0 radical (unpaired) electrons. The number of hydrogen-bond donors (Lipinski definition) is 2. The Bertz CT molecular complexity index is 846. The summed E-state index contributed by atoms with van der Waals surface area (Å²) < 4.78 is 1.81. The summed E-state index contributed by atoms with van der Waals surface area (Å²) in [6.45, 7) is 2.36. The van der Waals surface area contributed by atoms with Gasteiger partial charge < -0.3 is 10.2 Å². The van der Waals surface area contributed by atoms with E-state index in [2.05, 4.69) is 34.5 Å². The van der Waals surface area contributed by atoms with Crippen molar-refractivity contribution in [3.8, 4) is 0 Å². The molecule has 1 aromatic carbocycles. The maximum absolute atomic E-state index is 6.25. The van der Waals surface area contributed by atoms with Crippen molar-refractivity contribution in [1.82, 2.24) is 19.7 Å². The number of rotatable bonds is 6. The maximum atomic E-state index is 6.25. The minimum Gasteiger partial charge on any atom is -0.364 e. The molecule has 0 bridgehead atoms. The minimum atomic E-state index is 0.526. The Balaban J connectivity index is 1.85. The second-order valence-corrected chi connectivity index (χ2v) is 6.73. The molecule has 0 aliphatic heterocycles. The third-order valence-electron chi connectivity index (χ3n) is 3.69. The van der Waals surface area contributed by atoms with E-state index in [0.29, 0.717) is 16.6 Å². The van der Waals surface area contributed by atoms with Gasteiger partial charge in [-0.15, -0.1) is 0 Å². The molecule has 3 aromatic rings. The lowest BCUT2D eigenvalue weighted by atomic mass is 10.2. The molecule has 0 aliphatic rings. The summed E-state index contributed by atoms with van der Waals surface area (Å²) in [6, 6.07) is 5.45. The number of anilines is 1. The molecular formula is C16H19Cl2N6+. The van der Waals surface area contributed by atoms with Crippen LogP contribution in [-0.2, 0) is 6.54 Å². The van der Waals surface area contributed by atoms with Crippen molar-refractivity contribution in [3.05, 3.63) is 46.3 Å². The van der Waals surface area contributed by atoms with Gasteiger partial charge in [0.05, 0.1) is 45.3 Å². The van der Waals surface area contributed by atoms with Crippen LogP contribution in [0.15, 0.2) is 30.7 Å². The predicted molar refractivity (Wildman–Crippen MR) is 97.1 cm³/mol. The molecule has 6 nitrogen and oxygen atoms in total. The van der Waals surface area contributed by atoms with Gasteiger partial charge in [0.25, 0.3) is 0 Å². The zero-order valence-corrected chi connectivity index (χ0v) is 15.1. The first-order valence-corrected chi connectivity index (χ1v) is 8.43. The van der Waals surface area contributed by atoms with Crippen LogP contribution in [0.3, 0.4) is 0 Å². The van der Waals surface area contributed by atoms with Crippen LogP contribution in [0, 0.1) is 0 Å². The summed E-state index contributed by atoms with van der Waals surface area (Å²) >= 11 is 12.2. The fraction of sp³-hybridized carbons (Fsp3) is 0.312. The van der Waals surface area contributed by atoms with Crippen molar-refractivity contribution in [2.45, 2.75) is 6.54 Å². The van der Waals surface area contributed by atoms with Crippen molar-refractivity contribution in [3.63, 3.8) is 0 Å². The number of likely N-dealkylation sites (N-methyl/N-ethyl adjacent to an activating group) is 1. The number of quaternary nitrogens is 1. The summed E-state index contributed by atoms with van der Waals surface area (Å²) in [5.74, 6) is 0.801. The van der Waals surface area contributed by atoms with Crippen molar-refractivity contribution in [2.75, 3.05) is 32.5 Å². The topological polar surface area (TPSA) is 60.1 Å². The molecule has 0 spiro atoms. The maximum Gasteiger partial charge on any atom is 0.163 e. The number of nitrogens with zero attached hydrogens (tertiary/aromatic N) is 4. The van der Waals surface area contributed by atoms with Gasteiger partial charge in [-0.1, -0.05) is 29.3 Å². The quantitative estimate of drug-likeness (QED) is 0.698. The van der Waals surface area contributed by atoms with Crippen LogP contribution >= 0.6 is 23.2 Å². The average molecular weight is 366 g/mol. The number of fused-ring (bicyclic) bond motifs is 1. The standard InChI is InChI=1S/C16H18Cl2N6/c1-23(2)6-5-19-15-13-8-22-24(16(13)21-10-20-15)9-11-3-4-12(17)7-14(11)18/h3-4,7-8,10H,5-6,9H2,1-2H3,(H,19,20,21)/p+1. The Labute approximate surface area is 150 Å². The molecule has 0 amide bonds.